The van der Waals surface area contributed by atoms with Gasteiger partial charge in [-0.3, -0.25) is 0 Å². The molecule has 12 heavy (non-hydrogen) atoms. The Labute approximate surface area is 72.2 Å². The molecule has 0 aromatic heterocycles. The second kappa shape index (κ2) is 4.73. The summed E-state index contributed by atoms with van der Waals surface area (Å²) >= 11 is 0. The van der Waals surface area contributed by atoms with Crippen LogP contribution in [0.5, 0.6) is 0 Å². The summed E-state index contributed by atoms with van der Waals surface area (Å²) in [5.41, 5.74) is 0. The fourth-order valence-corrected chi connectivity index (χ4v) is 1.12. The van der Waals surface area contributed by atoms with Crippen LogP contribution in [0.2, 0.25) is 0 Å². The second-order valence-corrected chi connectivity index (χ2v) is 3.90. The highest BCUT2D eigenvalue weighted by atomic mass is 19.4. The van der Waals surface area contributed by atoms with Crippen molar-refractivity contribution < 1.29 is 13.2 Å². The van der Waals surface area contributed by atoms with Gasteiger partial charge in [0.25, 0.3) is 0 Å². The predicted molar refractivity (Wildman–Crippen MR) is 43.9 cm³/mol. The normalized spacial score (nSPS) is 15.2. The predicted octanol–water partition coefficient (Wildman–Crippen LogP) is 4.01. The summed E-state index contributed by atoms with van der Waals surface area (Å²) in [5, 5.41) is 0. The monoisotopic (exact) mass is 182 g/mol. The van der Waals surface area contributed by atoms with Gasteiger partial charge in [0.05, 0.1) is 0 Å². The fourth-order valence-electron chi connectivity index (χ4n) is 1.12. The quantitative estimate of drug-likeness (QED) is 0.616. The zero-order valence-electron chi connectivity index (χ0n) is 7.91. The van der Waals surface area contributed by atoms with Crippen molar-refractivity contribution in [1.29, 1.82) is 0 Å². The van der Waals surface area contributed by atoms with E-state index in [1.165, 1.54) is 0 Å². The van der Waals surface area contributed by atoms with Gasteiger partial charge in [0.15, 0.2) is 0 Å². The first-order chi connectivity index (χ1) is 5.31. The number of hydrogen-bond acceptors (Lipinski definition) is 0. The lowest BCUT2D eigenvalue weighted by atomic mass is 9.97. The zero-order chi connectivity index (χ0) is 9.78. The van der Waals surface area contributed by atoms with Gasteiger partial charge in [0.2, 0.25) is 0 Å². The van der Waals surface area contributed by atoms with Crippen molar-refractivity contribution in [1.82, 2.24) is 0 Å². The maximum atomic E-state index is 11.8. The Kier molecular flexibility index (Phi) is 4.64. The Balaban J connectivity index is 3.53. The molecule has 0 aliphatic rings. The third kappa shape index (κ3) is 7.89. The van der Waals surface area contributed by atoms with Gasteiger partial charge in [0.1, 0.15) is 0 Å². The van der Waals surface area contributed by atoms with Crippen LogP contribution in [-0.4, -0.2) is 6.18 Å². The van der Waals surface area contributed by atoms with Crippen LogP contribution in [0, 0.1) is 11.8 Å². The third-order valence-corrected chi connectivity index (χ3v) is 1.82. The summed E-state index contributed by atoms with van der Waals surface area (Å²) in [6.45, 7) is 5.72. The van der Waals surface area contributed by atoms with Gasteiger partial charge in [-0.25, -0.2) is 0 Å². The Bertz CT molecular complexity index is 115. The maximum Gasteiger partial charge on any atom is 0.389 e. The molecule has 0 heterocycles. The summed E-state index contributed by atoms with van der Waals surface area (Å²) in [6.07, 6.45) is -3.06. The molecule has 0 bridgehead atoms. The standard InChI is InChI=1S/C9H17F3/c1-7(2)4-5-8(3)6-9(10,11)12/h7-8H,4-6H2,1-3H3. The van der Waals surface area contributed by atoms with E-state index in [2.05, 4.69) is 0 Å². The van der Waals surface area contributed by atoms with Gasteiger partial charge >= 0.3 is 6.18 Å². The highest BCUT2D eigenvalue weighted by Gasteiger charge is 2.29. The van der Waals surface area contributed by atoms with Crippen molar-refractivity contribution in [3.8, 4) is 0 Å². The Morgan fingerprint density at radius 2 is 1.50 bits per heavy atom. The van der Waals surface area contributed by atoms with Crippen molar-refractivity contribution in [2.75, 3.05) is 0 Å². The smallest absolute Gasteiger partial charge is 0.171 e. The van der Waals surface area contributed by atoms with Crippen molar-refractivity contribution in [3.63, 3.8) is 0 Å². The lowest BCUT2D eigenvalue weighted by Crippen LogP contribution is -2.13. The van der Waals surface area contributed by atoms with Crippen LogP contribution < -0.4 is 0 Å². The topological polar surface area (TPSA) is 0 Å². The van der Waals surface area contributed by atoms with Crippen molar-refractivity contribution in [2.24, 2.45) is 11.8 Å². The van der Waals surface area contributed by atoms with Gasteiger partial charge in [-0.1, -0.05) is 33.6 Å². The molecule has 0 saturated heterocycles. The highest BCUT2D eigenvalue weighted by Crippen LogP contribution is 2.27. The first kappa shape index (κ1) is 11.8. The molecule has 0 amide bonds. The van der Waals surface area contributed by atoms with Crippen LogP contribution in [-0.2, 0) is 0 Å². The first-order valence-electron chi connectivity index (χ1n) is 4.38. The van der Waals surface area contributed by atoms with E-state index in [-0.39, 0.29) is 5.92 Å². The summed E-state index contributed by atoms with van der Waals surface area (Å²) in [5.74, 6) is 0.271. The molecular formula is C9H17F3. The van der Waals surface area contributed by atoms with Gasteiger partial charge in [0, 0.05) is 6.42 Å². The minimum atomic E-state index is -3.99. The summed E-state index contributed by atoms with van der Waals surface area (Å²) in [4.78, 5) is 0. The number of hydrogen-bond donors (Lipinski definition) is 0. The molecule has 0 aliphatic carbocycles. The van der Waals surface area contributed by atoms with E-state index >= 15 is 0 Å². The van der Waals surface area contributed by atoms with Crippen LogP contribution in [0.15, 0.2) is 0 Å². The molecule has 3 heteroatoms. The van der Waals surface area contributed by atoms with Crippen molar-refractivity contribution in [3.05, 3.63) is 0 Å². The molecule has 1 unspecified atom stereocenters. The zero-order valence-corrected chi connectivity index (χ0v) is 7.91. The minimum absolute atomic E-state index is 0.229. The van der Waals surface area contributed by atoms with E-state index < -0.39 is 12.6 Å². The molecule has 1 atom stereocenters. The van der Waals surface area contributed by atoms with Crippen LogP contribution in [0.4, 0.5) is 13.2 Å². The van der Waals surface area contributed by atoms with Gasteiger partial charge in [-0.2, -0.15) is 13.2 Å². The average molecular weight is 182 g/mol. The van der Waals surface area contributed by atoms with Crippen molar-refractivity contribution >= 4 is 0 Å². The van der Waals surface area contributed by atoms with E-state index in [0.29, 0.717) is 12.3 Å². The third-order valence-electron chi connectivity index (χ3n) is 1.82. The molecule has 0 radical (unpaired) electrons. The van der Waals surface area contributed by atoms with Gasteiger partial charge < -0.3 is 0 Å². The Hall–Kier alpha value is -0.210. The Morgan fingerprint density at radius 1 is 1.00 bits per heavy atom. The molecule has 0 nitrogen and oxygen atoms in total. The molecule has 74 valence electrons. The van der Waals surface area contributed by atoms with Crippen molar-refractivity contribution in [2.45, 2.75) is 46.2 Å². The van der Waals surface area contributed by atoms with E-state index in [1.807, 2.05) is 13.8 Å². The van der Waals surface area contributed by atoms with Crippen LogP contribution >= 0.6 is 0 Å². The average Bonchev–Trinajstić information content (AvgIpc) is 1.79. The molecule has 0 aromatic rings. The lowest BCUT2D eigenvalue weighted by molar-refractivity contribution is -0.143. The number of halogens is 3. The summed E-state index contributed by atoms with van der Waals surface area (Å²) in [7, 11) is 0. The minimum Gasteiger partial charge on any atom is -0.171 e. The van der Waals surface area contributed by atoms with Gasteiger partial charge in [-0.15, -0.1) is 0 Å². The SMILES string of the molecule is CC(C)CCC(C)CC(F)(F)F. The second-order valence-electron chi connectivity index (χ2n) is 3.90. The maximum absolute atomic E-state index is 11.8. The largest absolute Gasteiger partial charge is 0.389 e. The fraction of sp³-hybridized carbons (Fsp3) is 1.00. The highest BCUT2D eigenvalue weighted by molar-refractivity contribution is 4.60. The molecule has 0 spiro atoms. The molecule has 0 aliphatic heterocycles. The summed E-state index contributed by atoms with van der Waals surface area (Å²) in [6, 6.07) is 0. The van der Waals surface area contributed by atoms with E-state index in [0.717, 1.165) is 6.42 Å². The summed E-state index contributed by atoms with van der Waals surface area (Å²) < 4.78 is 35.5. The van der Waals surface area contributed by atoms with Crippen LogP contribution in [0.25, 0.3) is 0 Å². The van der Waals surface area contributed by atoms with E-state index in [9.17, 15) is 13.2 Å². The van der Waals surface area contributed by atoms with E-state index in [4.69, 9.17) is 0 Å². The van der Waals surface area contributed by atoms with E-state index in [1.54, 1.807) is 6.92 Å². The number of alkyl halides is 3. The molecule has 0 fully saturated rings. The molecule has 0 rings (SSSR count). The lowest BCUT2D eigenvalue weighted by Gasteiger charge is -2.14. The van der Waals surface area contributed by atoms with Crippen LogP contribution in [0.3, 0.4) is 0 Å². The number of rotatable bonds is 4. The first-order valence-corrected chi connectivity index (χ1v) is 4.38. The molecule has 0 N–H and O–H groups in total. The Morgan fingerprint density at radius 3 is 1.83 bits per heavy atom. The van der Waals surface area contributed by atoms with Crippen LogP contribution in [0.1, 0.15) is 40.0 Å². The molecule has 0 saturated carbocycles. The molecular weight excluding hydrogens is 165 g/mol. The van der Waals surface area contributed by atoms with Gasteiger partial charge in [-0.05, 0) is 11.8 Å². The molecule has 0 aromatic carbocycles.